The predicted molar refractivity (Wildman–Crippen MR) is 108 cm³/mol. The molecule has 2 aromatic carbocycles. The lowest BCUT2D eigenvalue weighted by Gasteiger charge is -2.28. The van der Waals surface area contributed by atoms with Crippen molar-refractivity contribution in [1.29, 1.82) is 0 Å². The number of thiazole rings is 1. The minimum Gasteiger partial charge on any atom is -0.320 e. The molecule has 2 heterocycles. The third-order valence-corrected chi connectivity index (χ3v) is 5.58. The Kier molecular flexibility index (Phi) is 4.52. The van der Waals surface area contributed by atoms with Crippen molar-refractivity contribution in [3.63, 3.8) is 0 Å². The predicted octanol–water partition coefficient (Wildman–Crippen LogP) is 5.13. The molecule has 6 nitrogen and oxygen atoms in total. The van der Waals surface area contributed by atoms with Crippen LogP contribution >= 0.6 is 11.3 Å². The minimum atomic E-state index is -0.388. The van der Waals surface area contributed by atoms with Crippen molar-refractivity contribution in [3.05, 3.63) is 87.6 Å². The van der Waals surface area contributed by atoms with E-state index in [0.29, 0.717) is 0 Å². The van der Waals surface area contributed by atoms with E-state index in [1.807, 2.05) is 54.3 Å². The summed E-state index contributed by atoms with van der Waals surface area (Å²) in [6, 6.07) is 16.5. The van der Waals surface area contributed by atoms with E-state index in [1.54, 1.807) is 36.0 Å². The van der Waals surface area contributed by atoms with Gasteiger partial charge in [0, 0.05) is 29.6 Å². The molecule has 134 valence electrons. The summed E-state index contributed by atoms with van der Waals surface area (Å²) in [7, 11) is 0. The van der Waals surface area contributed by atoms with E-state index in [-0.39, 0.29) is 16.7 Å². The van der Waals surface area contributed by atoms with Crippen LogP contribution in [0.3, 0.4) is 0 Å². The summed E-state index contributed by atoms with van der Waals surface area (Å²) in [4.78, 5) is 22.7. The molecular formula is C20H16N4O2S. The molecule has 0 N–H and O–H groups in total. The molecule has 0 bridgehead atoms. The van der Waals surface area contributed by atoms with Crippen LogP contribution in [-0.2, 0) is 0 Å². The highest BCUT2D eigenvalue weighted by Crippen LogP contribution is 2.38. The molecule has 4 rings (SSSR count). The quantitative estimate of drug-likeness (QED) is 0.467. The van der Waals surface area contributed by atoms with Crippen LogP contribution in [0.1, 0.15) is 16.6 Å². The van der Waals surface area contributed by atoms with Crippen molar-refractivity contribution >= 4 is 29.1 Å². The molecule has 0 spiro atoms. The molecule has 0 saturated carbocycles. The second-order valence-electron chi connectivity index (χ2n) is 6.07. The van der Waals surface area contributed by atoms with Crippen molar-refractivity contribution in [1.82, 2.24) is 4.98 Å². The molecule has 0 fully saturated rings. The average Bonchev–Trinajstić information content (AvgIpc) is 3.10. The summed E-state index contributed by atoms with van der Waals surface area (Å²) >= 11 is 1.63. The van der Waals surface area contributed by atoms with Crippen molar-refractivity contribution < 1.29 is 4.92 Å². The summed E-state index contributed by atoms with van der Waals surface area (Å²) in [5, 5.41) is 12.1. The van der Waals surface area contributed by atoms with E-state index in [2.05, 4.69) is 4.99 Å². The number of anilines is 1. The highest BCUT2D eigenvalue weighted by atomic mass is 32.1. The van der Waals surface area contributed by atoms with Crippen LogP contribution in [0.2, 0.25) is 0 Å². The molecule has 0 amide bonds. The maximum Gasteiger partial charge on any atom is 0.271 e. The number of aliphatic imine (C=N–C) groups is 1. The van der Waals surface area contributed by atoms with Gasteiger partial charge in [0.2, 0.25) is 0 Å². The number of hydrogen-bond donors (Lipinski definition) is 0. The monoisotopic (exact) mass is 376 g/mol. The van der Waals surface area contributed by atoms with Gasteiger partial charge < -0.3 is 4.90 Å². The van der Waals surface area contributed by atoms with Gasteiger partial charge >= 0.3 is 0 Å². The molecule has 27 heavy (non-hydrogen) atoms. The van der Waals surface area contributed by atoms with Gasteiger partial charge in [-0.2, -0.15) is 0 Å². The maximum atomic E-state index is 11.1. The Labute approximate surface area is 160 Å². The zero-order valence-electron chi connectivity index (χ0n) is 14.5. The van der Waals surface area contributed by atoms with Crippen molar-refractivity contribution in [2.45, 2.75) is 13.0 Å². The SMILES string of the molecule is Cc1nc(-c2ccccc2)sc1C1C=CN=CN1c1cccc([N+](=O)[O-])c1. The van der Waals surface area contributed by atoms with Gasteiger partial charge in [0.05, 0.1) is 27.9 Å². The molecule has 3 aromatic rings. The van der Waals surface area contributed by atoms with E-state index < -0.39 is 0 Å². The van der Waals surface area contributed by atoms with Gasteiger partial charge in [0.1, 0.15) is 5.01 Å². The Morgan fingerprint density at radius 2 is 1.96 bits per heavy atom. The lowest BCUT2D eigenvalue weighted by Crippen LogP contribution is -2.27. The molecule has 1 aliphatic heterocycles. The third kappa shape index (κ3) is 3.37. The standard InChI is InChI=1S/C20H16N4O2S/c1-14-19(27-20(22-14)15-6-3-2-4-7-15)18-10-11-21-13-23(18)16-8-5-9-17(12-16)24(25)26/h2-13,18H,1H3. The Balaban J connectivity index is 1.73. The fraction of sp³-hybridized carbons (Fsp3) is 0.100. The number of benzene rings is 2. The summed E-state index contributed by atoms with van der Waals surface area (Å²) in [6.45, 7) is 1.99. The van der Waals surface area contributed by atoms with Crippen molar-refractivity contribution in [2.75, 3.05) is 4.90 Å². The first-order valence-electron chi connectivity index (χ1n) is 8.39. The molecule has 0 aliphatic carbocycles. The van der Waals surface area contributed by atoms with Gasteiger partial charge in [0.25, 0.3) is 5.69 Å². The van der Waals surface area contributed by atoms with Gasteiger partial charge in [0.15, 0.2) is 0 Å². The van der Waals surface area contributed by atoms with Gasteiger partial charge in [-0.05, 0) is 19.1 Å². The first-order chi connectivity index (χ1) is 13.1. The summed E-state index contributed by atoms with van der Waals surface area (Å²) in [5.74, 6) is 0. The van der Waals surface area contributed by atoms with E-state index in [1.165, 1.54) is 6.07 Å². The van der Waals surface area contributed by atoms with Crippen molar-refractivity contribution in [3.8, 4) is 10.6 Å². The average molecular weight is 376 g/mol. The smallest absolute Gasteiger partial charge is 0.271 e. The number of rotatable bonds is 4. The van der Waals surface area contributed by atoms with Crippen LogP contribution in [0.15, 0.2) is 71.9 Å². The van der Waals surface area contributed by atoms with E-state index in [0.717, 1.165) is 26.8 Å². The largest absolute Gasteiger partial charge is 0.320 e. The zero-order chi connectivity index (χ0) is 18.8. The van der Waals surface area contributed by atoms with Crippen LogP contribution in [-0.4, -0.2) is 16.2 Å². The molecule has 1 atom stereocenters. The topological polar surface area (TPSA) is 71.6 Å². The summed E-state index contributed by atoms with van der Waals surface area (Å²) < 4.78 is 0. The lowest BCUT2D eigenvalue weighted by molar-refractivity contribution is -0.384. The number of nitro groups is 1. The van der Waals surface area contributed by atoms with Crippen LogP contribution in [0.25, 0.3) is 10.6 Å². The molecule has 1 unspecified atom stereocenters. The summed E-state index contributed by atoms with van der Waals surface area (Å²) in [5.41, 5.74) is 2.79. The maximum absolute atomic E-state index is 11.1. The van der Waals surface area contributed by atoms with E-state index in [9.17, 15) is 10.1 Å². The van der Waals surface area contributed by atoms with Crippen LogP contribution in [0.5, 0.6) is 0 Å². The van der Waals surface area contributed by atoms with E-state index in [4.69, 9.17) is 4.98 Å². The normalized spacial score (nSPS) is 15.9. The fourth-order valence-electron chi connectivity index (χ4n) is 3.00. The lowest BCUT2D eigenvalue weighted by atomic mass is 10.1. The van der Waals surface area contributed by atoms with Crippen LogP contribution < -0.4 is 4.90 Å². The Morgan fingerprint density at radius 3 is 2.74 bits per heavy atom. The highest BCUT2D eigenvalue weighted by molar-refractivity contribution is 7.15. The van der Waals surface area contributed by atoms with Gasteiger partial charge in [-0.1, -0.05) is 36.4 Å². The minimum absolute atomic E-state index is 0.0557. The molecule has 0 saturated heterocycles. The number of hydrogen-bond acceptors (Lipinski definition) is 6. The third-order valence-electron chi connectivity index (χ3n) is 4.31. The first-order valence-corrected chi connectivity index (χ1v) is 9.20. The fourth-order valence-corrected chi connectivity index (χ4v) is 4.15. The van der Waals surface area contributed by atoms with Gasteiger partial charge in [-0.3, -0.25) is 10.1 Å². The van der Waals surface area contributed by atoms with Crippen LogP contribution in [0, 0.1) is 17.0 Å². The van der Waals surface area contributed by atoms with Crippen LogP contribution in [0.4, 0.5) is 11.4 Å². The second-order valence-corrected chi connectivity index (χ2v) is 7.10. The first kappa shape index (κ1) is 17.1. The Hall–Kier alpha value is -3.32. The van der Waals surface area contributed by atoms with Gasteiger partial charge in [-0.15, -0.1) is 11.3 Å². The second kappa shape index (κ2) is 7.13. The number of non-ortho nitro benzene ring substituents is 1. The van der Waals surface area contributed by atoms with Gasteiger partial charge in [-0.25, -0.2) is 9.98 Å². The number of nitrogens with zero attached hydrogens (tertiary/aromatic N) is 4. The Morgan fingerprint density at radius 1 is 1.15 bits per heavy atom. The summed E-state index contributed by atoms with van der Waals surface area (Å²) in [6.07, 6.45) is 5.43. The molecule has 1 aliphatic rings. The Bertz CT molecular complexity index is 1040. The molecular weight excluding hydrogens is 360 g/mol. The number of aromatic nitrogens is 1. The zero-order valence-corrected chi connectivity index (χ0v) is 15.3. The molecule has 0 radical (unpaired) electrons. The molecule has 7 heteroatoms. The van der Waals surface area contributed by atoms with Crippen molar-refractivity contribution in [2.24, 2.45) is 4.99 Å². The molecule has 1 aromatic heterocycles. The number of nitro benzene ring substituents is 1. The van der Waals surface area contributed by atoms with E-state index >= 15 is 0 Å². The number of aryl methyl sites for hydroxylation is 1. The highest BCUT2D eigenvalue weighted by Gasteiger charge is 2.25.